The molecule has 0 aromatic heterocycles. The third-order valence-electron chi connectivity index (χ3n) is 4.24. The summed E-state index contributed by atoms with van der Waals surface area (Å²) in [6.07, 6.45) is 5.25. The van der Waals surface area contributed by atoms with Crippen molar-refractivity contribution in [3.05, 3.63) is 53.6 Å². The number of benzene rings is 2. The fraction of sp³-hybridized carbons (Fsp3) is 0.364. The van der Waals surface area contributed by atoms with Crippen molar-refractivity contribution in [2.24, 2.45) is 0 Å². The fourth-order valence-corrected chi connectivity index (χ4v) is 2.85. The van der Waals surface area contributed by atoms with Gasteiger partial charge in [-0.15, -0.1) is 0 Å². The smallest absolute Gasteiger partial charge is 0.336 e. The van der Waals surface area contributed by atoms with Gasteiger partial charge in [-0.3, -0.25) is 4.79 Å². The molecule has 26 heavy (non-hydrogen) atoms. The number of hydrogen-bond acceptors (Lipinski definition) is 3. The van der Waals surface area contributed by atoms with Gasteiger partial charge in [0.15, 0.2) is 0 Å². The van der Waals surface area contributed by atoms with Crippen LogP contribution < -0.4 is 4.74 Å². The molecule has 2 aromatic carbocycles. The lowest BCUT2D eigenvalue weighted by atomic mass is 9.97. The van der Waals surface area contributed by atoms with Crippen LogP contribution in [0.3, 0.4) is 0 Å². The molecule has 0 atom stereocenters. The van der Waals surface area contributed by atoms with Crippen molar-refractivity contribution < 1.29 is 19.4 Å². The number of carbonyl (C=O) groups is 2. The minimum Gasteiger partial charge on any atom is -0.478 e. The van der Waals surface area contributed by atoms with Crippen LogP contribution in [0.2, 0.25) is 0 Å². The number of carbonyl (C=O) groups excluding carboxylic acids is 1. The van der Waals surface area contributed by atoms with Crippen LogP contribution in [-0.4, -0.2) is 17.0 Å². The van der Waals surface area contributed by atoms with Crippen LogP contribution >= 0.6 is 0 Å². The molecule has 0 aliphatic carbocycles. The van der Waals surface area contributed by atoms with E-state index in [4.69, 9.17) is 4.74 Å². The molecule has 0 aliphatic heterocycles. The zero-order valence-electron chi connectivity index (χ0n) is 15.5. The summed E-state index contributed by atoms with van der Waals surface area (Å²) in [6.45, 7) is 4.20. The summed E-state index contributed by atoms with van der Waals surface area (Å²) in [5, 5.41) is 9.47. The van der Waals surface area contributed by atoms with Crippen LogP contribution in [-0.2, 0) is 11.2 Å². The Hall–Kier alpha value is -2.62. The second-order valence-electron chi connectivity index (χ2n) is 6.39. The second kappa shape index (κ2) is 9.76. The lowest BCUT2D eigenvalue weighted by Crippen LogP contribution is -2.08. The average molecular weight is 354 g/mol. The van der Waals surface area contributed by atoms with Crippen molar-refractivity contribution in [3.8, 4) is 16.9 Å². The van der Waals surface area contributed by atoms with Crippen molar-refractivity contribution in [1.29, 1.82) is 0 Å². The number of hydrogen-bond donors (Lipinski definition) is 1. The first kappa shape index (κ1) is 19.7. The summed E-state index contributed by atoms with van der Waals surface area (Å²) in [4.78, 5) is 23.5. The lowest BCUT2D eigenvalue weighted by Gasteiger charge is -2.11. The molecule has 0 fully saturated rings. The van der Waals surface area contributed by atoms with Gasteiger partial charge in [-0.05, 0) is 47.7 Å². The molecule has 0 saturated carbocycles. The molecule has 4 nitrogen and oxygen atoms in total. The SMILES string of the molecule is CCCCCC(=O)Oc1ccc(C(=O)O)c(-c2ccc(CCC)cc2)c1. The summed E-state index contributed by atoms with van der Waals surface area (Å²) in [6, 6.07) is 12.5. The number of esters is 1. The fourth-order valence-electron chi connectivity index (χ4n) is 2.85. The molecule has 1 N–H and O–H groups in total. The molecule has 0 spiro atoms. The van der Waals surface area contributed by atoms with E-state index in [-0.39, 0.29) is 11.5 Å². The van der Waals surface area contributed by atoms with E-state index in [2.05, 4.69) is 13.8 Å². The van der Waals surface area contributed by atoms with Gasteiger partial charge in [-0.2, -0.15) is 0 Å². The van der Waals surface area contributed by atoms with Crippen molar-refractivity contribution in [1.82, 2.24) is 0 Å². The van der Waals surface area contributed by atoms with E-state index in [1.807, 2.05) is 24.3 Å². The molecular formula is C22H26O4. The quantitative estimate of drug-likeness (QED) is 0.367. The number of unbranched alkanes of at least 4 members (excludes halogenated alkanes) is 2. The first-order valence-electron chi connectivity index (χ1n) is 9.22. The number of aryl methyl sites for hydroxylation is 1. The topological polar surface area (TPSA) is 63.6 Å². The maximum absolute atomic E-state index is 11.9. The van der Waals surface area contributed by atoms with Crippen molar-refractivity contribution in [2.45, 2.75) is 52.4 Å². The van der Waals surface area contributed by atoms with Gasteiger partial charge < -0.3 is 9.84 Å². The summed E-state index contributed by atoms with van der Waals surface area (Å²) < 4.78 is 5.39. The highest BCUT2D eigenvalue weighted by molar-refractivity contribution is 5.96. The standard InChI is InChI=1S/C22H26O4/c1-3-5-6-8-21(23)26-18-13-14-19(22(24)25)20(15-18)17-11-9-16(7-4-2)10-12-17/h9-15H,3-8H2,1-2H3,(H,24,25). The Balaban J connectivity index is 2.25. The number of carboxylic acids is 1. The molecule has 0 radical (unpaired) electrons. The second-order valence-corrected chi connectivity index (χ2v) is 6.39. The van der Waals surface area contributed by atoms with E-state index in [0.717, 1.165) is 37.7 Å². The monoisotopic (exact) mass is 354 g/mol. The molecule has 4 heteroatoms. The first-order chi connectivity index (χ1) is 12.5. The van der Waals surface area contributed by atoms with E-state index in [1.165, 1.54) is 17.7 Å². The van der Waals surface area contributed by atoms with E-state index in [1.54, 1.807) is 6.07 Å². The number of aromatic carboxylic acids is 1. The highest BCUT2D eigenvalue weighted by atomic mass is 16.5. The summed E-state index contributed by atoms with van der Waals surface area (Å²) in [7, 11) is 0. The molecule has 138 valence electrons. The van der Waals surface area contributed by atoms with E-state index >= 15 is 0 Å². The van der Waals surface area contributed by atoms with Crippen LogP contribution in [0.15, 0.2) is 42.5 Å². The van der Waals surface area contributed by atoms with Gasteiger partial charge in [-0.1, -0.05) is 57.4 Å². The minimum atomic E-state index is -1.00. The largest absolute Gasteiger partial charge is 0.478 e. The van der Waals surface area contributed by atoms with Gasteiger partial charge in [0.25, 0.3) is 0 Å². The Bertz CT molecular complexity index is 747. The highest BCUT2D eigenvalue weighted by Gasteiger charge is 2.14. The van der Waals surface area contributed by atoms with Crippen LogP contribution in [0.25, 0.3) is 11.1 Å². The summed E-state index contributed by atoms with van der Waals surface area (Å²) in [5.41, 5.74) is 2.76. The number of rotatable bonds is 9. The maximum Gasteiger partial charge on any atom is 0.336 e. The Kier molecular flexibility index (Phi) is 7.39. The maximum atomic E-state index is 11.9. The van der Waals surface area contributed by atoms with Gasteiger partial charge in [0.2, 0.25) is 0 Å². The molecular weight excluding hydrogens is 328 g/mol. The van der Waals surface area contributed by atoms with Gasteiger partial charge in [0.05, 0.1) is 5.56 Å². The molecule has 0 bridgehead atoms. The molecule has 2 rings (SSSR count). The van der Waals surface area contributed by atoms with Crippen LogP contribution in [0.4, 0.5) is 0 Å². The molecule has 0 saturated heterocycles. The lowest BCUT2D eigenvalue weighted by molar-refractivity contribution is -0.134. The van der Waals surface area contributed by atoms with Crippen molar-refractivity contribution in [2.75, 3.05) is 0 Å². The minimum absolute atomic E-state index is 0.194. The summed E-state index contributed by atoms with van der Waals surface area (Å²) >= 11 is 0. The normalized spacial score (nSPS) is 10.5. The Labute approximate surface area is 154 Å². The number of carboxylic acid groups (broad SMARTS) is 1. The van der Waals surface area contributed by atoms with Crippen LogP contribution in [0.1, 0.15) is 61.9 Å². The molecule has 0 amide bonds. The van der Waals surface area contributed by atoms with Gasteiger partial charge >= 0.3 is 11.9 Å². The highest BCUT2D eigenvalue weighted by Crippen LogP contribution is 2.29. The van der Waals surface area contributed by atoms with Crippen molar-refractivity contribution >= 4 is 11.9 Å². The van der Waals surface area contributed by atoms with E-state index < -0.39 is 5.97 Å². The van der Waals surface area contributed by atoms with Gasteiger partial charge in [0, 0.05) is 6.42 Å². The Morgan fingerprint density at radius 1 is 0.962 bits per heavy atom. The molecule has 0 aliphatic rings. The average Bonchev–Trinajstić information content (AvgIpc) is 2.62. The molecule has 0 heterocycles. The predicted octanol–water partition coefficient (Wildman–Crippen LogP) is 5.49. The van der Waals surface area contributed by atoms with Crippen LogP contribution in [0.5, 0.6) is 5.75 Å². The van der Waals surface area contributed by atoms with Crippen molar-refractivity contribution in [3.63, 3.8) is 0 Å². The first-order valence-corrected chi connectivity index (χ1v) is 9.22. The zero-order chi connectivity index (χ0) is 18.9. The number of ether oxygens (including phenoxy) is 1. The Morgan fingerprint density at radius 3 is 2.31 bits per heavy atom. The third kappa shape index (κ3) is 5.45. The Morgan fingerprint density at radius 2 is 1.69 bits per heavy atom. The molecule has 0 unspecified atom stereocenters. The molecule has 2 aromatic rings. The van der Waals surface area contributed by atoms with E-state index in [9.17, 15) is 14.7 Å². The van der Waals surface area contributed by atoms with Gasteiger partial charge in [-0.25, -0.2) is 4.79 Å². The van der Waals surface area contributed by atoms with E-state index in [0.29, 0.717) is 17.7 Å². The zero-order valence-corrected chi connectivity index (χ0v) is 15.5. The third-order valence-corrected chi connectivity index (χ3v) is 4.24. The van der Waals surface area contributed by atoms with Crippen LogP contribution in [0, 0.1) is 0 Å². The predicted molar refractivity (Wildman–Crippen MR) is 103 cm³/mol. The summed E-state index contributed by atoms with van der Waals surface area (Å²) in [5.74, 6) is -0.909. The van der Waals surface area contributed by atoms with Gasteiger partial charge in [0.1, 0.15) is 5.75 Å².